The van der Waals surface area contributed by atoms with Crippen LogP contribution in [0.5, 0.6) is 11.5 Å². The molecule has 2 heterocycles. The first kappa shape index (κ1) is 23.6. The number of para-hydroxylation sites is 1. The van der Waals surface area contributed by atoms with Crippen LogP contribution in [0.2, 0.25) is 0 Å². The molecule has 0 bridgehead atoms. The van der Waals surface area contributed by atoms with Crippen LogP contribution in [-0.4, -0.2) is 30.1 Å². The predicted octanol–water partition coefficient (Wildman–Crippen LogP) is 6.54. The maximum Gasteiger partial charge on any atom is 0.340 e. The number of nitrogens with zero attached hydrogens (tertiary/aromatic N) is 1. The van der Waals surface area contributed by atoms with E-state index in [-0.39, 0.29) is 11.1 Å². The SMILES string of the molecule is CCN(CC)c1ccc2c(c1)Oc1ccc(Nc3ccccc3)cc1C21OC(=O)c2cc(C(=O)O)ccc21. The van der Waals surface area contributed by atoms with Gasteiger partial charge in [0.2, 0.25) is 0 Å². The lowest BCUT2D eigenvalue weighted by Crippen LogP contribution is -2.33. The highest BCUT2D eigenvalue weighted by Gasteiger charge is 2.54. The number of benzene rings is 4. The van der Waals surface area contributed by atoms with Crippen LogP contribution in [0.4, 0.5) is 17.1 Å². The molecule has 1 spiro atoms. The molecule has 0 saturated carbocycles. The second-order valence-electron chi connectivity index (χ2n) is 9.29. The largest absolute Gasteiger partial charge is 0.478 e. The van der Waals surface area contributed by atoms with E-state index in [1.54, 1.807) is 6.07 Å². The Morgan fingerprint density at radius 2 is 1.61 bits per heavy atom. The molecule has 7 heteroatoms. The van der Waals surface area contributed by atoms with Crippen molar-refractivity contribution in [3.8, 4) is 11.5 Å². The molecule has 2 aliphatic rings. The molecule has 1 unspecified atom stereocenters. The number of carbonyl (C=O) groups is 2. The van der Waals surface area contributed by atoms with Gasteiger partial charge in [0.25, 0.3) is 0 Å². The van der Waals surface area contributed by atoms with Gasteiger partial charge in [0.15, 0.2) is 5.60 Å². The van der Waals surface area contributed by atoms with Gasteiger partial charge in [-0.05, 0) is 68.4 Å². The molecule has 4 aromatic carbocycles. The van der Waals surface area contributed by atoms with Crippen molar-refractivity contribution >= 4 is 29.0 Å². The first-order valence-electron chi connectivity index (χ1n) is 12.6. The van der Waals surface area contributed by atoms with Crippen molar-refractivity contribution in [2.24, 2.45) is 0 Å². The summed E-state index contributed by atoms with van der Waals surface area (Å²) in [7, 11) is 0. The van der Waals surface area contributed by atoms with Crippen LogP contribution in [0.1, 0.15) is 51.3 Å². The van der Waals surface area contributed by atoms with E-state index in [9.17, 15) is 14.7 Å². The molecule has 0 radical (unpaired) electrons. The molecule has 0 saturated heterocycles. The first-order valence-corrected chi connectivity index (χ1v) is 12.6. The summed E-state index contributed by atoms with van der Waals surface area (Å²) >= 11 is 0. The number of esters is 1. The Morgan fingerprint density at radius 3 is 2.34 bits per heavy atom. The summed E-state index contributed by atoms with van der Waals surface area (Å²) in [4.78, 5) is 27.2. The lowest BCUT2D eigenvalue weighted by molar-refractivity contribution is 0.0224. The number of carboxylic acids is 1. The molecule has 4 aromatic rings. The van der Waals surface area contributed by atoms with Gasteiger partial charge >= 0.3 is 11.9 Å². The molecule has 0 aliphatic carbocycles. The Bertz CT molecular complexity index is 1580. The smallest absolute Gasteiger partial charge is 0.340 e. The van der Waals surface area contributed by atoms with E-state index in [2.05, 4.69) is 24.1 Å². The van der Waals surface area contributed by atoms with Gasteiger partial charge in [-0.25, -0.2) is 9.59 Å². The van der Waals surface area contributed by atoms with Crippen LogP contribution in [0.3, 0.4) is 0 Å². The molecule has 190 valence electrons. The van der Waals surface area contributed by atoms with Crippen molar-refractivity contribution < 1.29 is 24.2 Å². The second kappa shape index (κ2) is 8.95. The Labute approximate surface area is 220 Å². The van der Waals surface area contributed by atoms with Gasteiger partial charge in [0.05, 0.1) is 11.1 Å². The van der Waals surface area contributed by atoms with E-state index >= 15 is 0 Å². The highest BCUT2D eigenvalue weighted by Crippen LogP contribution is 2.57. The van der Waals surface area contributed by atoms with Gasteiger partial charge in [0.1, 0.15) is 11.5 Å². The maximum absolute atomic E-state index is 13.3. The third-order valence-corrected chi connectivity index (χ3v) is 7.23. The summed E-state index contributed by atoms with van der Waals surface area (Å²) < 4.78 is 12.7. The number of anilines is 3. The molecule has 0 fully saturated rings. The van der Waals surface area contributed by atoms with Crippen LogP contribution < -0.4 is 15.0 Å². The Kier molecular flexibility index (Phi) is 5.56. The summed E-state index contributed by atoms with van der Waals surface area (Å²) in [5.41, 5.74) is 3.63. The molecule has 0 amide bonds. The maximum atomic E-state index is 13.3. The molecule has 38 heavy (non-hydrogen) atoms. The molecule has 0 aromatic heterocycles. The zero-order valence-electron chi connectivity index (χ0n) is 21.0. The van der Waals surface area contributed by atoms with Crippen molar-refractivity contribution in [3.05, 3.63) is 113 Å². The molecular formula is C31H26N2O5. The molecule has 6 rings (SSSR count). The van der Waals surface area contributed by atoms with E-state index in [0.29, 0.717) is 28.2 Å². The van der Waals surface area contributed by atoms with Crippen LogP contribution in [0.25, 0.3) is 0 Å². The van der Waals surface area contributed by atoms with E-state index in [4.69, 9.17) is 9.47 Å². The standard InChI is InChI=1S/C31H26N2O5/c1-3-33(4-2)22-12-14-25-28(18-22)37-27-15-11-21(32-20-8-6-5-7-9-20)17-26(27)31(25)24-13-10-19(29(34)35)16-23(24)30(36)38-31/h5-18,32H,3-4H2,1-2H3,(H,34,35). The normalized spacial score (nSPS) is 16.6. The summed E-state index contributed by atoms with van der Waals surface area (Å²) in [5.74, 6) is -0.520. The summed E-state index contributed by atoms with van der Waals surface area (Å²) in [6, 6.07) is 26.0. The summed E-state index contributed by atoms with van der Waals surface area (Å²) in [5, 5.41) is 12.9. The highest BCUT2D eigenvalue weighted by atomic mass is 16.6. The van der Waals surface area contributed by atoms with Crippen LogP contribution in [-0.2, 0) is 10.3 Å². The quantitative estimate of drug-likeness (QED) is 0.287. The monoisotopic (exact) mass is 506 g/mol. The fourth-order valence-corrected chi connectivity index (χ4v) is 5.40. The van der Waals surface area contributed by atoms with Gasteiger partial charge in [-0.3, -0.25) is 0 Å². The number of hydrogen-bond donors (Lipinski definition) is 2. The number of ether oxygens (including phenoxy) is 2. The number of carboxylic acid groups (broad SMARTS) is 1. The van der Waals surface area contributed by atoms with E-state index in [1.807, 2.05) is 66.7 Å². The minimum absolute atomic E-state index is 0.0293. The Balaban J connectivity index is 1.57. The number of hydrogen-bond acceptors (Lipinski definition) is 6. The van der Waals surface area contributed by atoms with Gasteiger partial charge in [-0.2, -0.15) is 0 Å². The zero-order valence-corrected chi connectivity index (χ0v) is 21.0. The third-order valence-electron chi connectivity index (χ3n) is 7.23. The molecule has 2 aliphatic heterocycles. The van der Waals surface area contributed by atoms with Gasteiger partial charge in [-0.1, -0.05) is 24.3 Å². The average Bonchev–Trinajstić information content (AvgIpc) is 3.22. The van der Waals surface area contributed by atoms with Crippen molar-refractivity contribution in [1.29, 1.82) is 0 Å². The molecule has 7 nitrogen and oxygen atoms in total. The third kappa shape index (κ3) is 3.58. The topological polar surface area (TPSA) is 88.1 Å². The Hall–Kier alpha value is -4.78. The number of rotatable bonds is 6. The van der Waals surface area contributed by atoms with Gasteiger partial charge < -0.3 is 24.8 Å². The molecular weight excluding hydrogens is 480 g/mol. The number of aromatic carboxylic acids is 1. The van der Waals surface area contributed by atoms with Crippen LogP contribution in [0.15, 0.2) is 84.9 Å². The second-order valence-corrected chi connectivity index (χ2v) is 9.29. The van der Waals surface area contributed by atoms with Gasteiger partial charge in [0, 0.05) is 52.9 Å². The Morgan fingerprint density at radius 1 is 0.842 bits per heavy atom. The first-order chi connectivity index (χ1) is 18.4. The lowest BCUT2D eigenvalue weighted by Gasteiger charge is -2.37. The minimum Gasteiger partial charge on any atom is -0.478 e. The highest BCUT2D eigenvalue weighted by molar-refractivity contribution is 6.00. The fourth-order valence-electron chi connectivity index (χ4n) is 5.40. The predicted molar refractivity (Wildman–Crippen MR) is 145 cm³/mol. The summed E-state index contributed by atoms with van der Waals surface area (Å²) in [6.07, 6.45) is 0. The van der Waals surface area contributed by atoms with Crippen molar-refractivity contribution in [3.63, 3.8) is 0 Å². The minimum atomic E-state index is -1.29. The number of fused-ring (bicyclic) bond motifs is 6. The van der Waals surface area contributed by atoms with Gasteiger partial charge in [-0.15, -0.1) is 0 Å². The van der Waals surface area contributed by atoms with Crippen molar-refractivity contribution in [1.82, 2.24) is 0 Å². The van der Waals surface area contributed by atoms with Crippen LogP contribution >= 0.6 is 0 Å². The average molecular weight is 507 g/mol. The van der Waals surface area contributed by atoms with E-state index in [0.717, 1.165) is 30.2 Å². The molecule has 1 atom stereocenters. The molecule has 2 N–H and O–H groups in total. The lowest BCUT2D eigenvalue weighted by atomic mass is 9.77. The van der Waals surface area contributed by atoms with Crippen molar-refractivity contribution in [2.75, 3.05) is 23.3 Å². The number of carbonyl (C=O) groups excluding carboxylic acids is 1. The van der Waals surface area contributed by atoms with Crippen molar-refractivity contribution in [2.45, 2.75) is 19.4 Å². The fraction of sp³-hybridized carbons (Fsp3) is 0.161. The van der Waals surface area contributed by atoms with E-state index in [1.165, 1.54) is 12.1 Å². The van der Waals surface area contributed by atoms with Crippen LogP contribution in [0, 0.1) is 0 Å². The number of nitrogens with one attached hydrogen (secondary N) is 1. The summed E-state index contributed by atoms with van der Waals surface area (Å²) in [6.45, 7) is 5.86. The zero-order chi connectivity index (χ0) is 26.4. The van der Waals surface area contributed by atoms with E-state index < -0.39 is 17.5 Å².